The number of carbonyl (C=O) groups excluding carboxylic acids is 1. The summed E-state index contributed by atoms with van der Waals surface area (Å²) < 4.78 is 1.98. The first-order valence-electron chi connectivity index (χ1n) is 7.94. The molecule has 2 aromatic rings. The molecule has 0 aliphatic carbocycles. The van der Waals surface area contributed by atoms with Crippen molar-refractivity contribution in [3.8, 4) is 0 Å². The van der Waals surface area contributed by atoms with Crippen molar-refractivity contribution in [2.45, 2.75) is 33.2 Å². The van der Waals surface area contributed by atoms with E-state index >= 15 is 0 Å². The highest BCUT2D eigenvalue weighted by atomic mass is 16.3. The van der Waals surface area contributed by atoms with Crippen LogP contribution in [0.2, 0.25) is 0 Å². The molecule has 2 rings (SSSR count). The van der Waals surface area contributed by atoms with Crippen molar-refractivity contribution in [1.82, 2.24) is 14.9 Å². The van der Waals surface area contributed by atoms with Crippen LogP contribution in [0.15, 0.2) is 43.0 Å². The van der Waals surface area contributed by atoms with Crippen LogP contribution < -0.4 is 5.32 Å². The van der Waals surface area contributed by atoms with Crippen molar-refractivity contribution < 1.29 is 9.90 Å². The second kappa shape index (κ2) is 7.92. The molecule has 0 unspecified atom stereocenters. The zero-order valence-electron chi connectivity index (χ0n) is 13.8. The van der Waals surface area contributed by atoms with Crippen molar-refractivity contribution in [3.05, 3.63) is 54.1 Å². The van der Waals surface area contributed by atoms with E-state index in [4.69, 9.17) is 0 Å². The number of hydrogen-bond donors (Lipinski definition) is 2. The van der Waals surface area contributed by atoms with Crippen molar-refractivity contribution >= 4 is 5.91 Å². The minimum absolute atomic E-state index is 0.0546. The molecule has 1 amide bonds. The molecule has 2 N–H and O–H groups in total. The topological polar surface area (TPSA) is 67.2 Å². The van der Waals surface area contributed by atoms with Crippen molar-refractivity contribution in [3.63, 3.8) is 0 Å². The van der Waals surface area contributed by atoms with E-state index in [0.717, 1.165) is 24.9 Å². The monoisotopic (exact) mass is 315 g/mol. The van der Waals surface area contributed by atoms with Gasteiger partial charge in [-0.3, -0.25) is 4.79 Å². The maximum atomic E-state index is 12.1. The molecule has 0 aliphatic rings. The molecule has 0 aliphatic heterocycles. The minimum atomic E-state index is -0.0836. The van der Waals surface area contributed by atoms with Crippen molar-refractivity contribution in [2.24, 2.45) is 5.41 Å². The summed E-state index contributed by atoms with van der Waals surface area (Å²) in [5.41, 5.74) is 1.71. The van der Waals surface area contributed by atoms with E-state index in [9.17, 15) is 9.90 Å². The van der Waals surface area contributed by atoms with Gasteiger partial charge in [0.15, 0.2) is 0 Å². The van der Waals surface area contributed by atoms with Gasteiger partial charge in [-0.2, -0.15) is 0 Å². The highest BCUT2D eigenvalue weighted by Gasteiger charge is 2.15. The van der Waals surface area contributed by atoms with E-state index < -0.39 is 0 Å². The first kappa shape index (κ1) is 17.2. The highest BCUT2D eigenvalue weighted by Crippen LogP contribution is 2.20. The van der Waals surface area contributed by atoms with E-state index in [1.54, 1.807) is 12.5 Å². The maximum absolute atomic E-state index is 12.1. The minimum Gasteiger partial charge on any atom is -0.396 e. The first-order chi connectivity index (χ1) is 11.0. The van der Waals surface area contributed by atoms with Gasteiger partial charge in [-0.05, 0) is 36.0 Å². The lowest BCUT2D eigenvalue weighted by Gasteiger charge is -2.21. The third-order valence-corrected chi connectivity index (χ3v) is 3.88. The SMILES string of the molecule is CC(C)(CO)CCCNC(=O)c1ccc(Cn2ccnc2)cc1. The molecule has 23 heavy (non-hydrogen) atoms. The van der Waals surface area contributed by atoms with E-state index in [0.29, 0.717) is 12.1 Å². The summed E-state index contributed by atoms with van der Waals surface area (Å²) in [6.07, 6.45) is 7.18. The fourth-order valence-corrected chi connectivity index (χ4v) is 2.30. The smallest absolute Gasteiger partial charge is 0.251 e. The number of rotatable bonds is 8. The predicted molar refractivity (Wildman–Crippen MR) is 90.2 cm³/mol. The van der Waals surface area contributed by atoms with Gasteiger partial charge in [0.05, 0.1) is 6.33 Å². The number of aliphatic hydroxyl groups is 1. The number of imidazole rings is 1. The normalized spacial score (nSPS) is 11.4. The summed E-state index contributed by atoms with van der Waals surface area (Å²) in [4.78, 5) is 16.1. The van der Waals surface area contributed by atoms with Crippen molar-refractivity contribution in [2.75, 3.05) is 13.2 Å². The predicted octanol–water partition coefficient (Wildman–Crippen LogP) is 2.46. The Morgan fingerprint density at radius 2 is 2.04 bits per heavy atom. The van der Waals surface area contributed by atoms with Gasteiger partial charge in [0.25, 0.3) is 5.91 Å². The lowest BCUT2D eigenvalue weighted by molar-refractivity contribution is 0.0948. The zero-order valence-corrected chi connectivity index (χ0v) is 13.8. The van der Waals surface area contributed by atoms with E-state index in [2.05, 4.69) is 10.3 Å². The average Bonchev–Trinajstić information content (AvgIpc) is 3.05. The van der Waals surface area contributed by atoms with Crippen LogP contribution >= 0.6 is 0 Å². The standard InChI is InChI=1S/C18H25N3O2/c1-18(2,13-22)8-3-9-20-17(23)16-6-4-15(5-7-16)12-21-11-10-19-14-21/h4-7,10-11,14,22H,3,8-9,12-13H2,1-2H3,(H,20,23). The Labute approximate surface area is 137 Å². The Kier molecular flexibility index (Phi) is 5.93. The lowest BCUT2D eigenvalue weighted by Crippen LogP contribution is -2.26. The summed E-state index contributed by atoms with van der Waals surface area (Å²) in [5, 5.41) is 12.1. The quantitative estimate of drug-likeness (QED) is 0.735. The van der Waals surface area contributed by atoms with Crippen LogP contribution in [0.25, 0.3) is 0 Å². The Morgan fingerprint density at radius 3 is 2.65 bits per heavy atom. The Morgan fingerprint density at radius 1 is 1.30 bits per heavy atom. The van der Waals surface area contributed by atoms with Crippen LogP contribution in [0.3, 0.4) is 0 Å². The Bertz CT molecular complexity index is 604. The van der Waals surface area contributed by atoms with Crippen LogP contribution in [0, 0.1) is 5.41 Å². The summed E-state index contributed by atoms with van der Waals surface area (Å²) in [7, 11) is 0. The molecule has 0 radical (unpaired) electrons. The molecule has 1 aromatic heterocycles. The molecule has 0 atom stereocenters. The van der Waals surface area contributed by atoms with E-state index in [1.165, 1.54) is 0 Å². The second-order valence-electron chi connectivity index (χ2n) is 6.61. The highest BCUT2D eigenvalue weighted by molar-refractivity contribution is 5.94. The average molecular weight is 315 g/mol. The lowest BCUT2D eigenvalue weighted by atomic mass is 9.89. The molecule has 0 saturated heterocycles. The van der Waals surface area contributed by atoms with Crippen LogP contribution in [0.4, 0.5) is 0 Å². The van der Waals surface area contributed by atoms with Crippen LogP contribution in [0.1, 0.15) is 42.6 Å². The molecule has 124 valence electrons. The fourth-order valence-electron chi connectivity index (χ4n) is 2.30. The molecule has 0 saturated carbocycles. The number of carbonyl (C=O) groups is 1. The summed E-state index contributed by atoms with van der Waals surface area (Å²) in [5.74, 6) is -0.0546. The third kappa shape index (κ3) is 5.53. The fraction of sp³-hybridized carbons (Fsp3) is 0.444. The number of benzene rings is 1. The number of nitrogens with one attached hydrogen (secondary N) is 1. The van der Waals surface area contributed by atoms with E-state index in [1.807, 2.05) is 48.9 Å². The number of amides is 1. The van der Waals surface area contributed by atoms with Crippen LogP contribution in [-0.2, 0) is 6.54 Å². The molecule has 5 nitrogen and oxygen atoms in total. The van der Waals surface area contributed by atoms with Gasteiger partial charge in [0.2, 0.25) is 0 Å². The Hall–Kier alpha value is -2.14. The third-order valence-electron chi connectivity index (χ3n) is 3.88. The number of hydrogen-bond acceptors (Lipinski definition) is 3. The number of aromatic nitrogens is 2. The van der Waals surface area contributed by atoms with Gasteiger partial charge < -0.3 is 15.0 Å². The van der Waals surface area contributed by atoms with Gasteiger partial charge in [-0.15, -0.1) is 0 Å². The molecule has 0 bridgehead atoms. The van der Waals surface area contributed by atoms with Crippen molar-refractivity contribution in [1.29, 1.82) is 0 Å². The summed E-state index contributed by atoms with van der Waals surface area (Å²) >= 11 is 0. The van der Waals surface area contributed by atoms with E-state index in [-0.39, 0.29) is 17.9 Å². The molecule has 1 heterocycles. The molecule has 1 aromatic carbocycles. The molecule has 0 spiro atoms. The van der Waals surface area contributed by atoms with Gasteiger partial charge in [-0.25, -0.2) is 4.98 Å². The van der Waals surface area contributed by atoms with Gasteiger partial charge in [-0.1, -0.05) is 26.0 Å². The second-order valence-corrected chi connectivity index (χ2v) is 6.61. The van der Waals surface area contributed by atoms with Gasteiger partial charge >= 0.3 is 0 Å². The summed E-state index contributed by atoms with van der Waals surface area (Å²) in [6, 6.07) is 7.62. The maximum Gasteiger partial charge on any atom is 0.251 e. The van der Waals surface area contributed by atoms with Gasteiger partial charge in [0.1, 0.15) is 0 Å². The van der Waals surface area contributed by atoms with Crippen LogP contribution in [0.5, 0.6) is 0 Å². The molecule has 0 fully saturated rings. The molecule has 5 heteroatoms. The number of nitrogens with zero attached hydrogens (tertiary/aromatic N) is 2. The van der Waals surface area contributed by atoms with Crippen LogP contribution in [-0.4, -0.2) is 33.7 Å². The zero-order chi connectivity index (χ0) is 16.7. The number of aliphatic hydroxyl groups excluding tert-OH is 1. The van der Waals surface area contributed by atoms with Gasteiger partial charge in [0, 0.05) is 37.7 Å². The molecular weight excluding hydrogens is 290 g/mol. The largest absolute Gasteiger partial charge is 0.396 e. The Balaban J connectivity index is 1.79. The molecular formula is C18H25N3O2. The first-order valence-corrected chi connectivity index (χ1v) is 7.94. The summed E-state index contributed by atoms with van der Waals surface area (Å²) in [6.45, 7) is 5.58.